The summed E-state index contributed by atoms with van der Waals surface area (Å²) in [5.41, 5.74) is 2.84. The van der Waals surface area contributed by atoms with Crippen LogP contribution in [0.1, 0.15) is 55.8 Å². The Hall–Kier alpha value is -2.29. The molecule has 0 spiro atoms. The Morgan fingerprint density at radius 2 is 1.76 bits per heavy atom. The minimum absolute atomic E-state index is 0.104. The van der Waals surface area contributed by atoms with Gasteiger partial charge < -0.3 is 20.4 Å². The summed E-state index contributed by atoms with van der Waals surface area (Å²) in [5.74, 6) is -0.834. The lowest BCUT2D eigenvalue weighted by Gasteiger charge is -2.42. The zero-order valence-electron chi connectivity index (χ0n) is 19.9. The molecule has 2 saturated heterocycles. The van der Waals surface area contributed by atoms with Gasteiger partial charge in [0.1, 0.15) is 0 Å². The van der Waals surface area contributed by atoms with Crippen LogP contribution in [0.5, 0.6) is 0 Å². The molecule has 182 valence electrons. The zero-order chi connectivity index (χ0) is 24.3. The molecule has 3 heterocycles. The number of aryl methyl sites for hydroxylation is 1. The average molecular weight is 476 g/mol. The fourth-order valence-electron chi connectivity index (χ4n) is 4.60. The molecule has 2 aromatic rings. The lowest BCUT2D eigenvalue weighted by molar-refractivity contribution is -0.135. The predicted molar refractivity (Wildman–Crippen MR) is 132 cm³/mol. The van der Waals surface area contributed by atoms with Gasteiger partial charge in [0, 0.05) is 31.2 Å². The van der Waals surface area contributed by atoms with E-state index in [-0.39, 0.29) is 5.41 Å². The third-order valence-corrected chi connectivity index (χ3v) is 6.83. The normalized spacial score (nSPS) is 19.9. The third-order valence-electron chi connectivity index (χ3n) is 6.06. The van der Waals surface area contributed by atoms with Crippen LogP contribution in [-0.2, 0) is 15.0 Å². The molecule has 2 fully saturated rings. The number of rotatable bonds is 4. The number of benzene rings is 1. The number of carboxylic acids is 2. The Bertz CT molecular complexity index is 838. The molecule has 2 aliphatic rings. The van der Waals surface area contributed by atoms with E-state index < -0.39 is 11.9 Å². The van der Waals surface area contributed by atoms with Crippen LogP contribution in [0.3, 0.4) is 0 Å². The van der Waals surface area contributed by atoms with Gasteiger partial charge in [0.2, 0.25) is 0 Å². The van der Waals surface area contributed by atoms with Crippen molar-refractivity contribution in [2.24, 2.45) is 5.92 Å². The number of hydrogen-bond acceptors (Lipinski definition) is 6. The summed E-state index contributed by atoms with van der Waals surface area (Å²) in [7, 11) is 0. The summed E-state index contributed by atoms with van der Waals surface area (Å²) >= 11 is 1.79. The standard InChI is InChI=1S/C21H29N3S.2C2H4O2/c1-17-23-20(16-25-17)21(19-7-3-2-4-8-19)9-12-24(13-10-21)15-18-6-5-11-22-14-18;2*1-2(3)4/h2-4,7-8,16,18,22H,5-6,9-15H2,1H3;2*1H3,(H,3,4). The van der Waals surface area contributed by atoms with Gasteiger partial charge in [0.15, 0.2) is 0 Å². The fraction of sp³-hybridized carbons (Fsp3) is 0.560. The number of hydrogen-bond donors (Lipinski definition) is 3. The maximum absolute atomic E-state index is 9.00. The Morgan fingerprint density at radius 3 is 2.24 bits per heavy atom. The molecular formula is C25H37N3O4S. The molecule has 8 heteroatoms. The molecule has 1 atom stereocenters. The van der Waals surface area contributed by atoms with E-state index in [1.165, 1.54) is 74.7 Å². The number of nitrogens with one attached hydrogen (secondary N) is 1. The Balaban J connectivity index is 0.000000420. The molecule has 4 rings (SSSR count). The van der Waals surface area contributed by atoms with Crippen molar-refractivity contribution in [1.82, 2.24) is 15.2 Å². The third kappa shape index (κ3) is 8.87. The highest BCUT2D eigenvalue weighted by molar-refractivity contribution is 7.09. The van der Waals surface area contributed by atoms with Crippen LogP contribution in [-0.4, -0.2) is 64.8 Å². The molecular weight excluding hydrogens is 438 g/mol. The lowest BCUT2D eigenvalue weighted by atomic mass is 9.70. The Kier molecular flexibility index (Phi) is 11.0. The van der Waals surface area contributed by atoms with Crippen molar-refractivity contribution < 1.29 is 19.8 Å². The SMILES string of the molecule is CC(=O)O.CC(=O)O.Cc1nc(C2(c3ccccc3)CCN(CC3CCCNC3)CC2)cs1. The van der Waals surface area contributed by atoms with Gasteiger partial charge in [-0.3, -0.25) is 9.59 Å². The Morgan fingerprint density at radius 1 is 1.15 bits per heavy atom. The van der Waals surface area contributed by atoms with Gasteiger partial charge in [-0.2, -0.15) is 0 Å². The number of carboxylic acid groups (broad SMARTS) is 2. The quantitative estimate of drug-likeness (QED) is 0.614. The molecule has 0 amide bonds. The van der Waals surface area contributed by atoms with Crippen molar-refractivity contribution in [1.29, 1.82) is 0 Å². The predicted octanol–water partition coefficient (Wildman–Crippen LogP) is 4.01. The van der Waals surface area contributed by atoms with E-state index in [1.54, 1.807) is 11.3 Å². The molecule has 1 aromatic heterocycles. The fourth-order valence-corrected chi connectivity index (χ4v) is 5.31. The maximum atomic E-state index is 9.00. The van der Waals surface area contributed by atoms with Gasteiger partial charge in [-0.1, -0.05) is 30.3 Å². The van der Waals surface area contributed by atoms with Crippen LogP contribution in [0.4, 0.5) is 0 Å². The summed E-state index contributed by atoms with van der Waals surface area (Å²) in [5, 5.41) is 21.9. The van der Waals surface area contributed by atoms with Crippen molar-refractivity contribution in [2.75, 3.05) is 32.7 Å². The van der Waals surface area contributed by atoms with E-state index in [1.807, 2.05) is 0 Å². The van der Waals surface area contributed by atoms with Crippen LogP contribution in [0, 0.1) is 12.8 Å². The number of nitrogens with zero attached hydrogens (tertiary/aromatic N) is 2. The second kappa shape index (κ2) is 13.4. The summed E-state index contributed by atoms with van der Waals surface area (Å²) < 4.78 is 0. The lowest BCUT2D eigenvalue weighted by Crippen LogP contribution is -2.46. The molecule has 0 aliphatic carbocycles. The topological polar surface area (TPSA) is 103 Å². The second-order valence-electron chi connectivity index (χ2n) is 8.75. The monoisotopic (exact) mass is 475 g/mol. The van der Waals surface area contributed by atoms with Crippen LogP contribution >= 0.6 is 11.3 Å². The van der Waals surface area contributed by atoms with E-state index >= 15 is 0 Å². The maximum Gasteiger partial charge on any atom is 0.300 e. The first kappa shape index (κ1) is 27.0. The number of piperidine rings is 2. The molecule has 1 unspecified atom stereocenters. The summed E-state index contributed by atoms with van der Waals surface area (Å²) in [6.07, 6.45) is 5.09. The van der Waals surface area contributed by atoms with Crippen molar-refractivity contribution in [3.05, 3.63) is 52.0 Å². The molecule has 33 heavy (non-hydrogen) atoms. The van der Waals surface area contributed by atoms with Crippen molar-refractivity contribution >= 4 is 23.3 Å². The Labute approximate surface area is 200 Å². The number of thiazole rings is 1. The minimum atomic E-state index is -0.833. The van der Waals surface area contributed by atoms with E-state index in [4.69, 9.17) is 24.8 Å². The molecule has 0 radical (unpaired) electrons. The first-order chi connectivity index (χ1) is 15.7. The largest absolute Gasteiger partial charge is 0.481 e. The minimum Gasteiger partial charge on any atom is -0.481 e. The highest BCUT2D eigenvalue weighted by atomic mass is 32.1. The van der Waals surface area contributed by atoms with E-state index in [9.17, 15) is 0 Å². The van der Waals surface area contributed by atoms with Crippen LogP contribution in [0.15, 0.2) is 35.7 Å². The summed E-state index contributed by atoms with van der Waals surface area (Å²) in [4.78, 5) is 25.6. The molecule has 3 N–H and O–H groups in total. The van der Waals surface area contributed by atoms with Crippen molar-refractivity contribution in [3.8, 4) is 0 Å². The van der Waals surface area contributed by atoms with Gasteiger partial charge in [-0.25, -0.2) is 4.98 Å². The molecule has 1 aromatic carbocycles. The van der Waals surface area contributed by atoms with E-state index in [0.717, 1.165) is 19.8 Å². The average Bonchev–Trinajstić information content (AvgIpc) is 3.22. The highest BCUT2D eigenvalue weighted by Gasteiger charge is 2.39. The molecule has 7 nitrogen and oxygen atoms in total. The van der Waals surface area contributed by atoms with Gasteiger partial charge in [-0.05, 0) is 70.3 Å². The number of aromatic nitrogens is 1. The zero-order valence-corrected chi connectivity index (χ0v) is 20.7. The highest BCUT2D eigenvalue weighted by Crippen LogP contribution is 2.42. The number of aliphatic carboxylic acids is 2. The van der Waals surface area contributed by atoms with Gasteiger partial charge in [0.25, 0.3) is 11.9 Å². The second-order valence-corrected chi connectivity index (χ2v) is 9.81. The van der Waals surface area contributed by atoms with Gasteiger partial charge >= 0.3 is 0 Å². The first-order valence-corrected chi connectivity index (χ1v) is 12.4. The summed E-state index contributed by atoms with van der Waals surface area (Å²) in [6, 6.07) is 11.1. The van der Waals surface area contributed by atoms with Crippen molar-refractivity contribution in [3.63, 3.8) is 0 Å². The molecule has 2 aliphatic heterocycles. The first-order valence-electron chi connectivity index (χ1n) is 11.5. The smallest absolute Gasteiger partial charge is 0.300 e. The van der Waals surface area contributed by atoms with E-state index in [0.29, 0.717) is 0 Å². The molecule has 0 bridgehead atoms. The van der Waals surface area contributed by atoms with Crippen LogP contribution in [0.25, 0.3) is 0 Å². The number of carbonyl (C=O) groups is 2. The van der Waals surface area contributed by atoms with E-state index in [2.05, 4.69) is 52.9 Å². The number of likely N-dealkylation sites (tertiary alicyclic amines) is 1. The summed E-state index contributed by atoms with van der Waals surface area (Å²) in [6.45, 7) is 10.3. The molecule has 0 saturated carbocycles. The van der Waals surface area contributed by atoms with Crippen LogP contribution < -0.4 is 5.32 Å². The van der Waals surface area contributed by atoms with Crippen LogP contribution in [0.2, 0.25) is 0 Å². The van der Waals surface area contributed by atoms with Gasteiger partial charge in [0.05, 0.1) is 10.7 Å². The van der Waals surface area contributed by atoms with Crippen molar-refractivity contribution in [2.45, 2.75) is 51.9 Å². The van der Waals surface area contributed by atoms with Gasteiger partial charge in [-0.15, -0.1) is 11.3 Å².